The van der Waals surface area contributed by atoms with Gasteiger partial charge in [-0.05, 0) is 90.2 Å². The van der Waals surface area contributed by atoms with Crippen LogP contribution in [0.25, 0.3) is 10.4 Å². The van der Waals surface area contributed by atoms with Crippen LogP contribution in [0.15, 0.2) is 41.8 Å². The van der Waals surface area contributed by atoms with E-state index in [1.165, 1.54) is 21.0 Å². The number of ketones is 1. The van der Waals surface area contributed by atoms with Gasteiger partial charge in [0.05, 0.1) is 54.1 Å². The summed E-state index contributed by atoms with van der Waals surface area (Å²) < 4.78 is 37.5. The molecule has 1 aromatic heterocycles. The van der Waals surface area contributed by atoms with Crippen LogP contribution in [0.4, 0.5) is 0 Å². The van der Waals surface area contributed by atoms with Crippen molar-refractivity contribution in [3.63, 3.8) is 0 Å². The number of thiophene rings is 1. The summed E-state index contributed by atoms with van der Waals surface area (Å²) >= 11 is 1.59. The van der Waals surface area contributed by atoms with Crippen molar-refractivity contribution < 1.29 is 68.3 Å². The minimum atomic E-state index is -1.85. The van der Waals surface area contributed by atoms with E-state index in [9.17, 15) is 39.9 Å². The Hall–Kier alpha value is -2.91. The summed E-state index contributed by atoms with van der Waals surface area (Å²) in [6.07, 6.45) is -12.5. The van der Waals surface area contributed by atoms with Crippen molar-refractivity contribution in [1.82, 2.24) is 10.2 Å². The maximum absolute atomic E-state index is 14.6. The van der Waals surface area contributed by atoms with Crippen molar-refractivity contribution >= 4 is 29.0 Å². The van der Waals surface area contributed by atoms with Gasteiger partial charge in [-0.3, -0.25) is 14.4 Å². The third-order valence-corrected chi connectivity index (χ3v) is 14.7. The van der Waals surface area contributed by atoms with Gasteiger partial charge in [0.15, 0.2) is 12.6 Å². The van der Waals surface area contributed by atoms with Gasteiger partial charge in [-0.2, -0.15) is 0 Å². The molecule has 0 spiro atoms. The van der Waals surface area contributed by atoms with Crippen molar-refractivity contribution in [2.24, 2.45) is 23.7 Å². The third kappa shape index (κ3) is 12.8. The zero-order valence-corrected chi connectivity index (χ0v) is 40.6. The SMILES string of the molecule is COC1(C)CC(O[C@H]2[C@H](C)[C@@H](OC3OC(C)CC(N(C)C)C3O)[C@](C)(O)C[C@@H](C)C(=O)[C@H](C)[C@@H](O)[C@H](O)[C@@H](CCNC(=O)Cc3cccc(-c4cccs4)c3)OC(=O)[C@@H]2C)OC(C)C1O. The largest absolute Gasteiger partial charge is 0.459 e. The van der Waals surface area contributed by atoms with E-state index in [0.29, 0.717) is 6.42 Å². The number of ether oxygens (including phenoxy) is 6. The highest BCUT2D eigenvalue weighted by molar-refractivity contribution is 7.13. The number of rotatable bonds is 12. The van der Waals surface area contributed by atoms with Gasteiger partial charge < -0.3 is 64.2 Å². The first-order valence-electron chi connectivity index (χ1n) is 22.9. The van der Waals surface area contributed by atoms with Crippen LogP contribution in [0.3, 0.4) is 0 Å². The Bertz CT molecular complexity index is 1870. The second-order valence-corrected chi connectivity index (χ2v) is 20.4. The fraction of sp³-hybridized carbons (Fsp3) is 0.729. The van der Waals surface area contributed by atoms with E-state index in [1.807, 2.05) is 67.7 Å². The molecule has 1 amide bonds. The second-order valence-electron chi connectivity index (χ2n) is 19.4. The molecule has 4 heterocycles. The number of aliphatic hydroxyl groups is 5. The van der Waals surface area contributed by atoms with Gasteiger partial charge in [-0.1, -0.05) is 45.0 Å². The minimum Gasteiger partial charge on any atom is -0.459 e. The second kappa shape index (κ2) is 22.5. The van der Waals surface area contributed by atoms with Crippen LogP contribution in [0.5, 0.6) is 0 Å². The van der Waals surface area contributed by atoms with E-state index in [0.717, 1.165) is 16.0 Å². The van der Waals surface area contributed by atoms with Crippen molar-refractivity contribution in [1.29, 1.82) is 0 Å². The Morgan fingerprint density at radius 3 is 2.28 bits per heavy atom. The molecule has 16 nitrogen and oxygen atoms in total. The van der Waals surface area contributed by atoms with E-state index < -0.39 is 108 Å². The standard InChI is InChI=1S/C48H74N2O14S/c1-25-23-47(7,58)44(64-46-40(54)33(50(9)10)20-26(2)60-46)28(4)42(63-37-24-48(8,59-11)43(56)30(6)61-37)29(5)45(57)62-34(41(55)39(53)27(3)38(25)52)17-18-49-36(51)22-31-14-12-15-32(21-31)35-16-13-19-65-35/h12-16,19,21,25-30,33-34,37,39-44,46,53-56,58H,17-18,20,22-24H2,1-11H3,(H,49,51)/t25-,26?,27+,28+,29-,30?,33?,34-,37?,39-,40?,41-,42+,43?,44-,46?,47-,48?/m1/s1. The number of likely N-dealkylation sites (N-methyl/N-ethyl adjacent to an activating group) is 1. The maximum Gasteiger partial charge on any atom is 0.311 e. The molecule has 366 valence electrons. The summed E-state index contributed by atoms with van der Waals surface area (Å²) in [5.74, 6) is -5.80. The smallest absolute Gasteiger partial charge is 0.311 e. The lowest BCUT2D eigenvalue weighted by molar-refractivity contribution is -0.317. The Morgan fingerprint density at radius 1 is 0.923 bits per heavy atom. The predicted octanol–water partition coefficient (Wildman–Crippen LogP) is 3.46. The Labute approximate surface area is 387 Å². The predicted molar refractivity (Wildman–Crippen MR) is 242 cm³/mol. The lowest BCUT2D eigenvalue weighted by atomic mass is 9.75. The Balaban J connectivity index is 1.47. The van der Waals surface area contributed by atoms with Crippen LogP contribution in [-0.4, -0.2) is 161 Å². The summed E-state index contributed by atoms with van der Waals surface area (Å²) in [7, 11) is 5.14. The normalized spacial score (nSPS) is 40.3. The number of esters is 1. The van der Waals surface area contributed by atoms with Crippen LogP contribution in [0.2, 0.25) is 0 Å². The van der Waals surface area contributed by atoms with Gasteiger partial charge in [-0.25, -0.2) is 0 Å². The van der Waals surface area contributed by atoms with Gasteiger partial charge in [-0.15, -0.1) is 11.3 Å². The number of methoxy groups -OCH3 is 1. The van der Waals surface area contributed by atoms with Gasteiger partial charge in [0.25, 0.3) is 0 Å². The van der Waals surface area contributed by atoms with Crippen LogP contribution in [0, 0.1) is 23.7 Å². The third-order valence-electron chi connectivity index (χ3n) is 13.8. The maximum atomic E-state index is 14.6. The summed E-state index contributed by atoms with van der Waals surface area (Å²) in [4.78, 5) is 44.8. The molecule has 3 aliphatic heterocycles. The molecule has 0 bridgehead atoms. The first-order chi connectivity index (χ1) is 30.5. The van der Waals surface area contributed by atoms with Crippen LogP contribution in [0.1, 0.15) is 86.6 Å². The quantitative estimate of drug-likeness (QED) is 0.168. The Morgan fingerprint density at radius 2 is 1.63 bits per heavy atom. The van der Waals surface area contributed by atoms with Crippen LogP contribution < -0.4 is 5.32 Å². The molecular weight excluding hydrogens is 861 g/mol. The van der Waals surface area contributed by atoms with Crippen molar-refractivity contribution in [2.75, 3.05) is 27.7 Å². The molecule has 0 radical (unpaired) electrons. The van der Waals surface area contributed by atoms with Crippen molar-refractivity contribution in [3.8, 4) is 10.4 Å². The molecule has 0 saturated carbocycles. The highest BCUT2D eigenvalue weighted by Gasteiger charge is 2.52. The number of Topliss-reactive ketones (excluding diaryl/α,β-unsaturated/α-hetero) is 1. The molecule has 0 aliphatic carbocycles. The van der Waals surface area contributed by atoms with Gasteiger partial charge in [0.2, 0.25) is 5.91 Å². The topological polar surface area (TPSA) is 223 Å². The molecule has 5 rings (SSSR count). The van der Waals surface area contributed by atoms with E-state index >= 15 is 0 Å². The fourth-order valence-corrected chi connectivity index (χ4v) is 10.5. The number of aliphatic hydroxyl groups excluding tert-OH is 4. The fourth-order valence-electron chi connectivity index (χ4n) is 9.81. The van der Waals surface area contributed by atoms with E-state index in [1.54, 1.807) is 46.0 Å². The number of benzene rings is 1. The number of hydrogen-bond acceptors (Lipinski definition) is 16. The van der Waals surface area contributed by atoms with Crippen molar-refractivity contribution in [2.45, 2.75) is 172 Å². The van der Waals surface area contributed by atoms with Crippen LogP contribution >= 0.6 is 11.3 Å². The van der Waals surface area contributed by atoms with Gasteiger partial charge >= 0.3 is 5.97 Å². The number of hydrogen-bond donors (Lipinski definition) is 6. The molecule has 1 aromatic carbocycles. The number of amides is 1. The molecular formula is C48H74N2O14S. The Kier molecular flexibility index (Phi) is 18.3. The highest BCUT2D eigenvalue weighted by atomic mass is 32.1. The molecule has 2 aromatic rings. The monoisotopic (exact) mass is 934 g/mol. The molecule has 65 heavy (non-hydrogen) atoms. The molecule has 8 unspecified atom stereocenters. The molecule has 3 saturated heterocycles. The highest BCUT2D eigenvalue weighted by Crippen LogP contribution is 2.40. The number of carbonyl (C=O) groups is 3. The summed E-state index contributed by atoms with van der Waals surface area (Å²) in [5, 5.41) is 63.3. The lowest BCUT2D eigenvalue weighted by Gasteiger charge is -2.49. The number of nitrogens with one attached hydrogen (secondary N) is 1. The molecule has 17 heteroatoms. The molecule has 3 fully saturated rings. The zero-order chi connectivity index (χ0) is 48.1. The number of cyclic esters (lactones) is 1. The average molecular weight is 935 g/mol. The summed E-state index contributed by atoms with van der Waals surface area (Å²) in [6.45, 7) is 13.1. The lowest BCUT2D eigenvalue weighted by Crippen LogP contribution is -2.60. The van der Waals surface area contributed by atoms with Gasteiger partial charge in [0, 0.05) is 55.2 Å². The van der Waals surface area contributed by atoms with E-state index in [4.69, 9.17) is 28.4 Å². The minimum absolute atomic E-state index is 0.0450. The molecule has 6 N–H and O–H groups in total. The summed E-state index contributed by atoms with van der Waals surface area (Å²) in [6, 6.07) is 11.3. The molecule has 18 atom stereocenters. The van der Waals surface area contributed by atoms with Crippen LogP contribution in [-0.2, 0) is 49.2 Å². The van der Waals surface area contributed by atoms with Crippen molar-refractivity contribution in [3.05, 3.63) is 47.3 Å². The summed E-state index contributed by atoms with van der Waals surface area (Å²) in [5.41, 5.74) is -1.18. The number of carbonyl (C=O) groups excluding carboxylic acids is 3. The number of nitrogens with zero attached hydrogens (tertiary/aromatic N) is 1. The average Bonchev–Trinajstić information content (AvgIpc) is 3.80. The molecule has 3 aliphatic rings. The first kappa shape index (κ1) is 53.1. The van der Waals surface area contributed by atoms with E-state index in [-0.39, 0.29) is 50.3 Å². The van der Waals surface area contributed by atoms with E-state index in [2.05, 4.69) is 5.32 Å². The first-order valence-corrected chi connectivity index (χ1v) is 23.8. The zero-order valence-electron chi connectivity index (χ0n) is 39.8. The van der Waals surface area contributed by atoms with Gasteiger partial charge in [0.1, 0.15) is 30.2 Å².